The van der Waals surface area contributed by atoms with E-state index in [1.165, 1.54) is 17.5 Å². The molecule has 99 valence electrons. The molecule has 0 fully saturated rings. The number of phenols is 1. The van der Waals surface area contributed by atoms with Crippen LogP contribution in [0.15, 0.2) is 54.6 Å². The molecule has 1 N–H and O–H groups in total. The predicted molar refractivity (Wildman–Crippen MR) is 80.1 cm³/mol. The smallest absolute Gasteiger partial charge is 0.115 e. The van der Waals surface area contributed by atoms with Crippen molar-refractivity contribution >= 4 is 0 Å². The number of rotatable bonds is 7. The summed E-state index contributed by atoms with van der Waals surface area (Å²) in [7, 11) is 0. The first-order chi connectivity index (χ1) is 9.34. The lowest BCUT2D eigenvalue weighted by Gasteiger charge is -2.03. The highest BCUT2D eigenvalue weighted by Crippen LogP contribution is 2.14. The number of aryl methyl sites for hydroxylation is 2. The van der Waals surface area contributed by atoms with Gasteiger partial charge in [-0.15, -0.1) is 0 Å². The van der Waals surface area contributed by atoms with E-state index in [9.17, 15) is 5.11 Å². The molecule has 0 saturated heterocycles. The average Bonchev–Trinajstić information content (AvgIpc) is 2.44. The molecule has 19 heavy (non-hydrogen) atoms. The minimum Gasteiger partial charge on any atom is -0.508 e. The highest BCUT2D eigenvalue weighted by molar-refractivity contribution is 5.27. The van der Waals surface area contributed by atoms with E-state index in [0.717, 1.165) is 25.7 Å². The maximum absolute atomic E-state index is 9.37. The molecular weight excluding hydrogens is 232 g/mol. The van der Waals surface area contributed by atoms with Crippen LogP contribution in [0.4, 0.5) is 0 Å². The number of hydrogen-bond acceptors (Lipinski definition) is 1. The van der Waals surface area contributed by atoms with Gasteiger partial charge in [-0.1, -0.05) is 42.5 Å². The summed E-state index contributed by atoms with van der Waals surface area (Å²) in [6, 6.07) is 18.2. The Labute approximate surface area is 115 Å². The first-order valence-corrected chi connectivity index (χ1v) is 6.98. The molecule has 0 amide bonds. The van der Waals surface area contributed by atoms with Gasteiger partial charge < -0.3 is 5.11 Å². The van der Waals surface area contributed by atoms with Gasteiger partial charge in [-0.2, -0.15) is 0 Å². The molecule has 1 heteroatoms. The highest BCUT2D eigenvalue weighted by Gasteiger charge is 1.96. The van der Waals surface area contributed by atoms with E-state index in [2.05, 4.69) is 42.8 Å². The Morgan fingerprint density at radius 2 is 1.58 bits per heavy atom. The van der Waals surface area contributed by atoms with E-state index in [0.29, 0.717) is 5.75 Å². The van der Waals surface area contributed by atoms with Crippen LogP contribution in [0.25, 0.3) is 0 Å². The third-order valence-corrected chi connectivity index (χ3v) is 3.26. The van der Waals surface area contributed by atoms with Crippen molar-refractivity contribution in [1.82, 2.24) is 0 Å². The van der Waals surface area contributed by atoms with Crippen LogP contribution in [-0.4, -0.2) is 5.11 Å². The van der Waals surface area contributed by atoms with Gasteiger partial charge in [-0.05, 0) is 61.8 Å². The molecule has 0 unspecified atom stereocenters. The van der Waals surface area contributed by atoms with Crippen molar-refractivity contribution in [3.05, 3.63) is 72.1 Å². The zero-order chi connectivity index (χ0) is 13.3. The van der Waals surface area contributed by atoms with E-state index in [-0.39, 0.29) is 0 Å². The second-order valence-electron chi connectivity index (χ2n) is 4.88. The normalized spacial score (nSPS) is 10.5. The molecule has 2 aromatic rings. The number of benzene rings is 2. The first kappa shape index (κ1) is 13.7. The fourth-order valence-electron chi connectivity index (χ4n) is 2.22. The number of unbranched alkanes of at least 4 members (excludes halogenated alkanes) is 3. The van der Waals surface area contributed by atoms with Crippen LogP contribution in [0.1, 0.15) is 30.4 Å². The molecule has 1 radical (unpaired) electrons. The maximum atomic E-state index is 9.37. The zero-order valence-corrected chi connectivity index (χ0v) is 11.3. The Morgan fingerprint density at radius 3 is 2.37 bits per heavy atom. The van der Waals surface area contributed by atoms with Crippen LogP contribution in [0.5, 0.6) is 5.75 Å². The van der Waals surface area contributed by atoms with E-state index >= 15 is 0 Å². The van der Waals surface area contributed by atoms with Crippen molar-refractivity contribution < 1.29 is 5.11 Å². The van der Waals surface area contributed by atoms with Gasteiger partial charge in [0, 0.05) is 0 Å². The van der Waals surface area contributed by atoms with E-state index in [4.69, 9.17) is 0 Å². The third-order valence-electron chi connectivity index (χ3n) is 3.26. The molecule has 2 aromatic carbocycles. The molecule has 0 aliphatic carbocycles. The van der Waals surface area contributed by atoms with Gasteiger partial charge in [0.2, 0.25) is 0 Å². The van der Waals surface area contributed by atoms with E-state index < -0.39 is 0 Å². The lowest BCUT2D eigenvalue weighted by molar-refractivity contribution is 0.474. The number of aromatic hydroxyl groups is 1. The van der Waals surface area contributed by atoms with Gasteiger partial charge in [0.05, 0.1) is 0 Å². The van der Waals surface area contributed by atoms with Gasteiger partial charge in [-0.3, -0.25) is 0 Å². The minimum absolute atomic E-state index is 0.363. The fraction of sp³-hybridized carbons (Fsp3) is 0.278. The molecule has 1 nitrogen and oxygen atoms in total. The molecule has 0 atom stereocenters. The van der Waals surface area contributed by atoms with Crippen LogP contribution in [0.3, 0.4) is 0 Å². The molecule has 0 aromatic heterocycles. The van der Waals surface area contributed by atoms with E-state index in [1.54, 1.807) is 6.07 Å². The highest BCUT2D eigenvalue weighted by atomic mass is 16.3. The van der Waals surface area contributed by atoms with Gasteiger partial charge in [-0.25, -0.2) is 0 Å². The summed E-state index contributed by atoms with van der Waals surface area (Å²) in [6.07, 6.45) is 7.98. The summed E-state index contributed by atoms with van der Waals surface area (Å²) in [5.74, 6) is 0.363. The second kappa shape index (κ2) is 7.63. The van der Waals surface area contributed by atoms with Crippen molar-refractivity contribution in [3.8, 4) is 5.75 Å². The zero-order valence-electron chi connectivity index (χ0n) is 11.3. The van der Waals surface area contributed by atoms with Crippen LogP contribution < -0.4 is 0 Å². The fourth-order valence-corrected chi connectivity index (χ4v) is 2.22. The summed E-state index contributed by atoms with van der Waals surface area (Å²) < 4.78 is 0. The summed E-state index contributed by atoms with van der Waals surface area (Å²) in [5.41, 5.74) is 2.63. The van der Waals surface area contributed by atoms with Crippen LogP contribution in [0, 0.1) is 6.42 Å². The average molecular weight is 253 g/mol. The van der Waals surface area contributed by atoms with Gasteiger partial charge >= 0.3 is 0 Å². The topological polar surface area (TPSA) is 20.2 Å². The Kier molecular flexibility index (Phi) is 5.49. The maximum Gasteiger partial charge on any atom is 0.115 e. The van der Waals surface area contributed by atoms with Crippen molar-refractivity contribution in [1.29, 1.82) is 0 Å². The molecule has 0 aliphatic rings. The van der Waals surface area contributed by atoms with Crippen LogP contribution >= 0.6 is 0 Å². The van der Waals surface area contributed by atoms with Gasteiger partial charge in [0.15, 0.2) is 0 Å². The summed E-state index contributed by atoms with van der Waals surface area (Å²) in [6.45, 7) is 0. The van der Waals surface area contributed by atoms with Gasteiger partial charge in [0.1, 0.15) is 5.75 Å². The Morgan fingerprint density at radius 1 is 0.789 bits per heavy atom. The SMILES string of the molecule is Oc1cccc(CC[CH]CCCc2ccccc2)c1. The third kappa shape index (κ3) is 5.17. The molecule has 0 aliphatic heterocycles. The largest absolute Gasteiger partial charge is 0.508 e. The van der Waals surface area contributed by atoms with Crippen LogP contribution in [-0.2, 0) is 12.8 Å². The lowest BCUT2D eigenvalue weighted by atomic mass is 10.0. The number of phenolic OH excluding ortho intramolecular Hbond substituents is 1. The lowest BCUT2D eigenvalue weighted by Crippen LogP contribution is -1.89. The quantitative estimate of drug-likeness (QED) is 0.718. The Balaban J connectivity index is 1.58. The summed E-state index contributed by atoms with van der Waals surface area (Å²) in [4.78, 5) is 0. The molecule has 0 spiro atoms. The summed E-state index contributed by atoms with van der Waals surface area (Å²) >= 11 is 0. The van der Waals surface area contributed by atoms with Crippen molar-refractivity contribution in [3.63, 3.8) is 0 Å². The van der Waals surface area contributed by atoms with Crippen molar-refractivity contribution in [2.75, 3.05) is 0 Å². The monoisotopic (exact) mass is 253 g/mol. The first-order valence-electron chi connectivity index (χ1n) is 6.98. The van der Waals surface area contributed by atoms with E-state index in [1.807, 2.05) is 12.1 Å². The molecule has 0 saturated carbocycles. The summed E-state index contributed by atoms with van der Waals surface area (Å²) in [5, 5.41) is 9.37. The second-order valence-corrected chi connectivity index (χ2v) is 4.88. The minimum atomic E-state index is 0.363. The molecular formula is C18H21O. The van der Waals surface area contributed by atoms with Gasteiger partial charge in [0.25, 0.3) is 0 Å². The van der Waals surface area contributed by atoms with Crippen molar-refractivity contribution in [2.24, 2.45) is 0 Å². The molecule has 0 bridgehead atoms. The predicted octanol–water partition coefficient (Wildman–Crippen LogP) is 4.55. The van der Waals surface area contributed by atoms with Crippen LogP contribution in [0.2, 0.25) is 0 Å². The Hall–Kier alpha value is -1.76. The molecule has 2 rings (SSSR count). The standard InChI is InChI=1S/C18H21O/c19-18-14-8-13-17(15-18)12-5-2-1-4-9-16-10-6-3-7-11-16/h2-3,6-8,10-11,13-15,19H,1,4-5,9,12H2. The number of hydrogen-bond donors (Lipinski definition) is 1. The molecule has 0 heterocycles. The Bertz CT molecular complexity index is 476. The van der Waals surface area contributed by atoms with Crippen molar-refractivity contribution in [2.45, 2.75) is 32.1 Å².